The van der Waals surface area contributed by atoms with Crippen molar-refractivity contribution < 1.29 is 0 Å². The van der Waals surface area contributed by atoms with Gasteiger partial charge < -0.3 is 0 Å². The van der Waals surface area contributed by atoms with E-state index < -0.39 is 0 Å². The maximum absolute atomic E-state index is 2.52. The van der Waals surface area contributed by atoms with Crippen LogP contribution < -0.4 is 0 Å². The number of unbranched alkanes of at least 4 members (excludes halogenated alkanes) is 2. The highest BCUT2D eigenvalue weighted by molar-refractivity contribution is 4.95. The summed E-state index contributed by atoms with van der Waals surface area (Å²) in [6, 6.07) is 0. The zero-order chi connectivity index (χ0) is 18.6. The van der Waals surface area contributed by atoms with Crippen LogP contribution in [0.15, 0.2) is 0 Å². The molecule has 8 atom stereocenters. The zero-order valence-corrected chi connectivity index (χ0v) is 18.6. The van der Waals surface area contributed by atoms with Crippen LogP contribution in [-0.2, 0) is 0 Å². The highest BCUT2D eigenvalue weighted by Gasteiger charge is 2.47. The van der Waals surface area contributed by atoms with Gasteiger partial charge in [0, 0.05) is 0 Å². The van der Waals surface area contributed by atoms with Crippen molar-refractivity contribution in [3.8, 4) is 0 Å². The monoisotopic (exact) mass is 336 g/mol. The minimum absolute atomic E-state index is 0.918. The molecule has 0 aromatic rings. The van der Waals surface area contributed by atoms with Crippen LogP contribution in [-0.4, -0.2) is 0 Å². The molecule has 0 aromatic carbocycles. The molecule has 0 N–H and O–H groups in total. The summed E-state index contributed by atoms with van der Waals surface area (Å²) in [5.41, 5.74) is 0. The zero-order valence-electron chi connectivity index (χ0n) is 18.6. The first-order valence-electron chi connectivity index (χ1n) is 11.2. The van der Waals surface area contributed by atoms with Gasteiger partial charge in [-0.15, -0.1) is 0 Å². The average molecular weight is 337 g/mol. The molecule has 0 amide bonds. The van der Waals surface area contributed by atoms with Crippen LogP contribution in [0, 0.1) is 59.2 Å². The quantitative estimate of drug-likeness (QED) is 0.489. The molecule has 2 saturated carbocycles. The van der Waals surface area contributed by atoms with E-state index >= 15 is 0 Å². The van der Waals surface area contributed by atoms with Gasteiger partial charge in [0.25, 0.3) is 0 Å². The van der Waals surface area contributed by atoms with Gasteiger partial charge in [0.15, 0.2) is 0 Å². The second-order valence-corrected chi connectivity index (χ2v) is 9.79. The molecule has 2 fully saturated rings. The fourth-order valence-electron chi connectivity index (χ4n) is 5.96. The third-order valence-electron chi connectivity index (χ3n) is 8.93. The Kier molecular flexibility index (Phi) is 8.84. The lowest BCUT2D eigenvalue weighted by molar-refractivity contribution is 0.193. The molecule has 0 spiro atoms. The predicted octanol–water partition coefficient (Wildman–Crippen LogP) is 7.92. The first-order chi connectivity index (χ1) is 11.2. The Bertz CT molecular complexity index is 286. The molecular weight excluding hydrogens is 288 g/mol. The van der Waals surface area contributed by atoms with Gasteiger partial charge >= 0.3 is 0 Å². The lowest BCUT2D eigenvalue weighted by Crippen LogP contribution is -2.22. The van der Waals surface area contributed by atoms with Crippen molar-refractivity contribution in [1.29, 1.82) is 0 Å². The van der Waals surface area contributed by atoms with Crippen LogP contribution in [0.3, 0.4) is 0 Å². The molecular formula is C24H48. The lowest BCUT2D eigenvalue weighted by atomic mass is 9.76. The first kappa shape index (κ1) is 22.0. The Labute approximate surface area is 154 Å². The fraction of sp³-hybridized carbons (Fsp3) is 1.00. The molecule has 8 unspecified atom stereocenters. The summed E-state index contributed by atoms with van der Waals surface area (Å²) in [4.78, 5) is 0. The minimum Gasteiger partial charge on any atom is -0.0654 e. The fourth-order valence-corrected chi connectivity index (χ4v) is 5.96. The van der Waals surface area contributed by atoms with Crippen molar-refractivity contribution in [1.82, 2.24) is 0 Å². The molecule has 0 heterocycles. The Balaban J connectivity index is 0.000000505. The Morgan fingerprint density at radius 3 is 0.833 bits per heavy atom. The number of rotatable bonds is 4. The summed E-state index contributed by atoms with van der Waals surface area (Å²) in [5, 5.41) is 0. The van der Waals surface area contributed by atoms with Crippen molar-refractivity contribution in [3.63, 3.8) is 0 Å². The summed E-state index contributed by atoms with van der Waals surface area (Å²) in [6.07, 6.45) is 5.57. The summed E-state index contributed by atoms with van der Waals surface area (Å²) in [6.45, 7) is 24.4. The second kappa shape index (κ2) is 9.63. The lowest BCUT2D eigenvalue weighted by Gasteiger charge is -2.30. The van der Waals surface area contributed by atoms with Crippen molar-refractivity contribution in [2.75, 3.05) is 0 Å². The van der Waals surface area contributed by atoms with Gasteiger partial charge in [-0.05, 0) is 65.6 Å². The van der Waals surface area contributed by atoms with Crippen LogP contribution in [0.2, 0.25) is 0 Å². The predicted molar refractivity (Wildman–Crippen MR) is 110 cm³/mol. The van der Waals surface area contributed by atoms with E-state index in [2.05, 4.69) is 69.2 Å². The van der Waals surface area contributed by atoms with Crippen molar-refractivity contribution in [3.05, 3.63) is 0 Å². The summed E-state index contributed by atoms with van der Waals surface area (Å²) < 4.78 is 0. The van der Waals surface area contributed by atoms with Crippen LogP contribution in [0.4, 0.5) is 0 Å². The van der Waals surface area contributed by atoms with Gasteiger partial charge in [-0.2, -0.15) is 0 Å². The van der Waals surface area contributed by atoms with Crippen LogP contribution in [0.25, 0.3) is 0 Å². The number of hydrogen-bond acceptors (Lipinski definition) is 0. The van der Waals surface area contributed by atoms with Crippen molar-refractivity contribution >= 4 is 0 Å². The SMILES string of the molecule is CC1C(C)C(C)C(CC2C(C)C(C)C(C)C2C)C1C.CCCCC. The Morgan fingerprint density at radius 1 is 0.417 bits per heavy atom. The van der Waals surface area contributed by atoms with E-state index in [1.54, 1.807) is 0 Å². The van der Waals surface area contributed by atoms with Gasteiger partial charge in [0.2, 0.25) is 0 Å². The molecule has 0 aromatic heterocycles. The largest absolute Gasteiger partial charge is 0.0654 e. The maximum atomic E-state index is 2.52. The third-order valence-corrected chi connectivity index (χ3v) is 8.93. The molecule has 0 bridgehead atoms. The van der Waals surface area contributed by atoms with Crippen LogP contribution in [0.5, 0.6) is 0 Å². The van der Waals surface area contributed by atoms with E-state index in [0.29, 0.717) is 0 Å². The normalized spacial score (nSPS) is 48.2. The highest BCUT2D eigenvalue weighted by Crippen LogP contribution is 2.53. The third kappa shape index (κ3) is 4.59. The van der Waals surface area contributed by atoms with E-state index in [1.807, 2.05) is 0 Å². The van der Waals surface area contributed by atoms with Gasteiger partial charge in [-0.25, -0.2) is 0 Å². The Morgan fingerprint density at radius 2 is 0.667 bits per heavy atom. The van der Waals surface area contributed by atoms with Crippen LogP contribution >= 0.6 is 0 Å². The molecule has 2 aliphatic rings. The van der Waals surface area contributed by atoms with E-state index in [1.165, 1.54) is 25.7 Å². The summed E-state index contributed by atoms with van der Waals surface area (Å²) in [5.74, 6) is 9.32. The summed E-state index contributed by atoms with van der Waals surface area (Å²) >= 11 is 0. The van der Waals surface area contributed by atoms with E-state index in [4.69, 9.17) is 0 Å². The van der Waals surface area contributed by atoms with Gasteiger partial charge in [0.05, 0.1) is 0 Å². The van der Waals surface area contributed by atoms with Crippen molar-refractivity contribution in [2.24, 2.45) is 59.2 Å². The molecule has 0 saturated heterocycles. The molecule has 0 radical (unpaired) electrons. The first-order valence-corrected chi connectivity index (χ1v) is 11.2. The highest BCUT2D eigenvalue weighted by atomic mass is 14.5. The Hall–Kier alpha value is 0. The van der Waals surface area contributed by atoms with E-state index in [-0.39, 0.29) is 0 Å². The van der Waals surface area contributed by atoms with E-state index in [9.17, 15) is 0 Å². The standard InChI is InChI=1S/C19H36.C5H12/c1-10-11(2)15(6)18(14(10)5)9-19-16(7)12(3)13(4)17(19)8;1-3-5-4-2/h10-19H,9H2,1-8H3;3-5H2,1-2H3. The molecule has 144 valence electrons. The van der Waals surface area contributed by atoms with E-state index in [0.717, 1.165) is 59.2 Å². The molecule has 2 rings (SSSR count). The molecule has 2 aliphatic carbocycles. The van der Waals surface area contributed by atoms with Crippen molar-refractivity contribution in [2.45, 2.75) is 94.9 Å². The molecule has 0 nitrogen and oxygen atoms in total. The average Bonchev–Trinajstić information content (AvgIpc) is 2.86. The second-order valence-electron chi connectivity index (χ2n) is 9.79. The molecule has 0 aliphatic heterocycles. The summed E-state index contributed by atoms with van der Waals surface area (Å²) in [7, 11) is 0. The van der Waals surface area contributed by atoms with Gasteiger partial charge in [-0.3, -0.25) is 0 Å². The smallest absolute Gasteiger partial charge is 0.0355 e. The van der Waals surface area contributed by atoms with Gasteiger partial charge in [0.1, 0.15) is 0 Å². The topological polar surface area (TPSA) is 0 Å². The molecule has 0 heteroatoms. The van der Waals surface area contributed by atoms with Crippen LogP contribution in [0.1, 0.15) is 94.9 Å². The molecule has 24 heavy (non-hydrogen) atoms. The van der Waals surface area contributed by atoms with Gasteiger partial charge in [-0.1, -0.05) is 88.5 Å². The minimum atomic E-state index is 0.918. The maximum Gasteiger partial charge on any atom is -0.0355 e. The number of hydrogen-bond donors (Lipinski definition) is 0.